The molecule has 5 nitrogen and oxygen atoms in total. The van der Waals surface area contributed by atoms with Crippen LogP contribution in [0.25, 0.3) is 0 Å². The van der Waals surface area contributed by atoms with Crippen molar-refractivity contribution in [1.82, 2.24) is 4.90 Å². The van der Waals surface area contributed by atoms with Gasteiger partial charge in [-0.25, -0.2) is 0 Å². The molecular formula is C21H27ClN2O3. The predicted octanol–water partition coefficient (Wildman–Crippen LogP) is 2.92. The summed E-state index contributed by atoms with van der Waals surface area (Å²) in [7, 11) is 0. The van der Waals surface area contributed by atoms with Gasteiger partial charge < -0.3 is 19.5 Å². The van der Waals surface area contributed by atoms with Gasteiger partial charge in [0, 0.05) is 43.4 Å². The van der Waals surface area contributed by atoms with Gasteiger partial charge in [-0.2, -0.15) is 0 Å². The quantitative estimate of drug-likeness (QED) is 0.667. The Kier molecular flexibility index (Phi) is 7.78. The molecule has 1 atom stereocenters. The van der Waals surface area contributed by atoms with Crippen molar-refractivity contribution in [3.05, 3.63) is 59.6 Å². The van der Waals surface area contributed by atoms with E-state index in [1.54, 1.807) is 12.1 Å². The van der Waals surface area contributed by atoms with Gasteiger partial charge in [-0.15, -0.1) is 0 Å². The van der Waals surface area contributed by atoms with E-state index in [0.29, 0.717) is 31.4 Å². The summed E-state index contributed by atoms with van der Waals surface area (Å²) in [6, 6.07) is 17.7. The van der Waals surface area contributed by atoms with Crippen LogP contribution in [-0.4, -0.2) is 68.7 Å². The molecule has 0 saturated carbocycles. The van der Waals surface area contributed by atoms with Gasteiger partial charge in [0.25, 0.3) is 0 Å². The van der Waals surface area contributed by atoms with Crippen molar-refractivity contribution in [2.24, 2.45) is 0 Å². The Bertz CT molecular complexity index is 661. The average Bonchev–Trinajstić information content (AvgIpc) is 2.70. The van der Waals surface area contributed by atoms with Gasteiger partial charge in [0.2, 0.25) is 0 Å². The fourth-order valence-corrected chi connectivity index (χ4v) is 3.27. The number of aliphatic hydroxyl groups excluding tert-OH is 1. The molecule has 0 spiro atoms. The van der Waals surface area contributed by atoms with Crippen molar-refractivity contribution < 1.29 is 14.6 Å². The fraction of sp³-hybridized carbons (Fsp3) is 0.429. The first kappa shape index (κ1) is 20.0. The third-order valence-corrected chi connectivity index (χ3v) is 4.83. The van der Waals surface area contributed by atoms with E-state index in [0.717, 1.165) is 31.9 Å². The maximum atomic E-state index is 10.2. The number of piperazine rings is 1. The molecule has 1 N–H and O–H groups in total. The second kappa shape index (κ2) is 10.5. The first-order chi connectivity index (χ1) is 13.2. The van der Waals surface area contributed by atoms with Gasteiger partial charge in [0.1, 0.15) is 12.4 Å². The lowest BCUT2D eigenvalue weighted by molar-refractivity contribution is 0.00718. The van der Waals surface area contributed by atoms with Crippen LogP contribution < -0.4 is 9.64 Å². The number of para-hydroxylation sites is 1. The van der Waals surface area contributed by atoms with E-state index in [1.165, 1.54) is 5.69 Å². The average molecular weight is 391 g/mol. The van der Waals surface area contributed by atoms with Crippen LogP contribution in [0, 0.1) is 0 Å². The van der Waals surface area contributed by atoms with E-state index < -0.39 is 6.10 Å². The van der Waals surface area contributed by atoms with E-state index in [-0.39, 0.29) is 0 Å². The summed E-state index contributed by atoms with van der Waals surface area (Å²) >= 11 is 5.83. The van der Waals surface area contributed by atoms with E-state index in [1.807, 2.05) is 18.2 Å². The zero-order valence-electron chi connectivity index (χ0n) is 15.5. The number of aliphatic hydroxyl groups is 1. The van der Waals surface area contributed by atoms with Gasteiger partial charge >= 0.3 is 0 Å². The number of benzene rings is 2. The number of halogens is 1. The number of hydrogen-bond acceptors (Lipinski definition) is 5. The molecule has 1 aliphatic heterocycles. The topological polar surface area (TPSA) is 45.2 Å². The Balaban J connectivity index is 1.26. The molecule has 1 aliphatic rings. The summed E-state index contributed by atoms with van der Waals surface area (Å²) in [5.41, 5.74) is 1.27. The van der Waals surface area contributed by atoms with Crippen LogP contribution in [0.3, 0.4) is 0 Å². The highest BCUT2D eigenvalue weighted by Crippen LogP contribution is 2.16. The number of nitrogens with zero attached hydrogens (tertiary/aromatic N) is 2. The monoisotopic (exact) mass is 390 g/mol. The van der Waals surface area contributed by atoms with Gasteiger partial charge in [-0.05, 0) is 36.4 Å². The smallest absolute Gasteiger partial charge is 0.119 e. The molecule has 2 aromatic rings. The molecule has 1 fully saturated rings. The van der Waals surface area contributed by atoms with Crippen molar-refractivity contribution in [2.45, 2.75) is 6.10 Å². The highest BCUT2D eigenvalue weighted by Gasteiger charge is 2.19. The zero-order valence-corrected chi connectivity index (χ0v) is 16.2. The van der Waals surface area contributed by atoms with Crippen LogP contribution in [0.15, 0.2) is 54.6 Å². The zero-order chi connectivity index (χ0) is 18.9. The van der Waals surface area contributed by atoms with E-state index in [9.17, 15) is 5.11 Å². The summed E-state index contributed by atoms with van der Waals surface area (Å²) < 4.78 is 11.1. The van der Waals surface area contributed by atoms with Crippen molar-refractivity contribution in [3.8, 4) is 5.75 Å². The van der Waals surface area contributed by atoms with Crippen molar-refractivity contribution >= 4 is 17.3 Å². The third-order valence-electron chi connectivity index (χ3n) is 4.58. The minimum absolute atomic E-state index is 0.322. The number of β-amino-alcohol motifs (C(OH)–C–C–N with tert-alkyl or cyclic N) is 1. The number of rotatable bonds is 9. The summed E-state index contributed by atoms with van der Waals surface area (Å²) in [4.78, 5) is 4.67. The molecular weight excluding hydrogens is 364 g/mol. The molecule has 146 valence electrons. The second-order valence-electron chi connectivity index (χ2n) is 6.65. The van der Waals surface area contributed by atoms with Gasteiger partial charge in [-0.3, -0.25) is 4.90 Å². The number of ether oxygens (including phenoxy) is 2. The Hall–Kier alpha value is -1.79. The highest BCUT2D eigenvalue weighted by atomic mass is 35.5. The lowest BCUT2D eigenvalue weighted by Gasteiger charge is -2.36. The van der Waals surface area contributed by atoms with Crippen LogP contribution >= 0.6 is 11.6 Å². The molecule has 0 aliphatic carbocycles. The molecule has 3 rings (SSSR count). The minimum Gasteiger partial charge on any atom is -0.491 e. The van der Waals surface area contributed by atoms with Crippen LogP contribution in [-0.2, 0) is 4.74 Å². The van der Waals surface area contributed by atoms with Gasteiger partial charge in [0.05, 0.1) is 19.3 Å². The maximum Gasteiger partial charge on any atom is 0.119 e. The Morgan fingerprint density at radius 2 is 1.63 bits per heavy atom. The molecule has 27 heavy (non-hydrogen) atoms. The first-order valence-electron chi connectivity index (χ1n) is 9.37. The van der Waals surface area contributed by atoms with Crippen LogP contribution in [0.4, 0.5) is 5.69 Å². The number of anilines is 1. The van der Waals surface area contributed by atoms with E-state index >= 15 is 0 Å². The van der Waals surface area contributed by atoms with Crippen LogP contribution in [0.5, 0.6) is 5.75 Å². The summed E-state index contributed by atoms with van der Waals surface area (Å²) in [5, 5.41) is 10.9. The van der Waals surface area contributed by atoms with E-state index in [2.05, 4.69) is 34.1 Å². The van der Waals surface area contributed by atoms with Gasteiger partial charge in [-0.1, -0.05) is 29.8 Å². The predicted molar refractivity (Wildman–Crippen MR) is 109 cm³/mol. The van der Waals surface area contributed by atoms with Gasteiger partial charge in [0.15, 0.2) is 0 Å². The normalized spacial score (nSPS) is 16.3. The fourth-order valence-electron chi connectivity index (χ4n) is 3.15. The molecule has 2 aromatic carbocycles. The largest absolute Gasteiger partial charge is 0.491 e. The second-order valence-corrected chi connectivity index (χ2v) is 7.09. The molecule has 0 amide bonds. The van der Waals surface area contributed by atoms with Crippen molar-refractivity contribution in [2.75, 3.05) is 57.4 Å². The number of hydrogen-bond donors (Lipinski definition) is 1. The molecule has 6 heteroatoms. The summed E-state index contributed by atoms with van der Waals surface area (Å²) in [5.74, 6) is 0.764. The highest BCUT2D eigenvalue weighted by molar-refractivity contribution is 6.30. The Morgan fingerprint density at radius 1 is 0.926 bits per heavy atom. The standard InChI is InChI=1S/C21H27ClN2O3/c22-18-6-8-21(9-7-18)27-15-14-26-17-20(25)16-23-10-12-24(13-11-23)19-4-2-1-3-5-19/h1-9,20,25H,10-17H2/t20-/m0/s1. The lowest BCUT2D eigenvalue weighted by atomic mass is 10.2. The molecule has 1 saturated heterocycles. The minimum atomic E-state index is -0.483. The summed E-state index contributed by atoms with van der Waals surface area (Å²) in [6.45, 7) is 5.71. The van der Waals surface area contributed by atoms with Crippen molar-refractivity contribution in [1.29, 1.82) is 0 Å². The first-order valence-corrected chi connectivity index (χ1v) is 9.75. The molecule has 0 unspecified atom stereocenters. The Morgan fingerprint density at radius 3 is 2.33 bits per heavy atom. The summed E-state index contributed by atoms with van der Waals surface area (Å²) in [6.07, 6.45) is -0.483. The maximum absolute atomic E-state index is 10.2. The SMILES string of the molecule is O[C@H](COCCOc1ccc(Cl)cc1)CN1CCN(c2ccccc2)CC1. The Labute approximate surface area is 166 Å². The van der Waals surface area contributed by atoms with Crippen LogP contribution in [0.2, 0.25) is 5.02 Å². The van der Waals surface area contributed by atoms with Crippen molar-refractivity contribution in [3.63, 3.8) is 0 Å². The third kappa shape index (κ3) is 6.70. The van der Waals surface area contributed by atoms with E-state index in [4.69, 9.17) is 21.1 Å². The molecule has 1 heterocycles. The molecule has 0 bridgehead atoms. The molecule has 0 aromatic heterocycles. The lowest BCUT2D eigenvalue weighted by Crippen LogP contribution is -2.49. The molecule has 0 radical (unpaired) electrons. The van der Waals surface area contributed by atoms with Crippen LogP contribution in [0.1, 0.15) is 0 Å².